The Morgan fingerprint density at radius 1 is 1.26 bits per heavy atom. The number of ether oxygens (including phenoxy) is 5. The first-order chi connectivity index (χ1) is 13.1. The molecule has 0 bridgehead atoms. The number of aromatic nitrogens is 2. The van der Waals surface area contributed by atoms with Gasteiger partial charge in [-0.25, -0.2) is 9.78 Å². The zero-order chi connectivity index (χ0) is 19.0. The van der Waals surface area contributed by atoms with Gasteiger partial charge in [-0.3, -0.25) is 4.79 Å². The summed E-state index contributed by atoms with van der Waals surface area (Å²) in [6.45, 7) is 3.30. The topological polar surface area (TPSA) is 98.1 Å². The molecule has 0 spiro atoms. The van der Waals surface area contributed by atoms with Crippen molar-refractivity contribution in [2.24, 2.45) is 0 Å². The van der Waals surface area contributed by atoms with E-state index in [0.29, 0.717) is 48.1 Å². The van der Waals surface area contributed by atoms with E-state index in [1.807, 2.05) is 4.57 Å². The summed E-state index contributed by atoms with van der Waals surface area (Å²) in [5.41, 5.74) is 1.51. The first kappa shape index (κ1) is 17.6. The van der Waals surface area contributed by atoms with Gasteiger partial charge in [-0.2, -0.15) is 0 Å². The molecule has 0 amide bonds. The first-order valence-electron chi connectivity index (χ1n) is 8.73. The Morgan fingerprint density at radius 2 is 2.00 bits per heavy atom. The van der Waals surface area contributed by atoms with Crippen LogP contribution < -0.4 is 9.47 Å². The van der Waals surface area contributed by atoms with Gasteiger partial charge in [-0.15, -0.1) is 0 Å². The van der Waals surface area contributed by atoms with Gasteiger partial charge in [-0.05, 0) is 12.5 Å². The van der Waals surface area contributed by atoms with Crippen LogP contribution >= 0.6 is 0 Å². The average molecular weight is 376 g/mol. The van der Waals surface area contributed by atoms with Crippen LogP contribution in [0.1, 0.15) is 29.5 Å². The molecule has 9 nitrogen and oxygen atoms in total. The molecule has 4 rings (SSSR count). The third kappa shape index (κ3) is 3.18. The Balaban J connectivity index is 1.87. The average Bonchev–Trinajstić information content (AvgIpc) is 2.99. The molecule has 3 heterocycles. The van der Waals surface area contributed by atoms with Gasteiger partial charge in [0.05, 0.1) is 25.3 Å². The Hall–Kier alpha value is -2.81. The standard InChI is InChI=1S/C18H20N2O7/c1-10(21)27-9-14-19-15-13(20(14)8-11-3-4-24-11)7-12(18(22)23-2)16-17(15)26-6-5-25-16/h7,11H,3-6,8-9H2,1-2H3/t11-/m0/s1. The van der Waals surface area contributed by atoms with Crippen molar-refractivity contribution >= 4 is 23.0 Å². The maximum atomic E-state index is 12.3. The van der Waals surface area contributed by atoms with Crippen LogP contribution in [0.4, 0.5) is 0 Å². The summed E-state index contributed by atoms with van der Waals surface area (Å²) in [5.74, 6) is 0.355. The SMILES string of the molecule is COC(=O)c1cc2c(nc(COC(C)=O)n2C[C@@H]2CCO2)c2c1OCCO2. The minimum absolute atomic E-state index is 0.0138. The lowest BCUT2D eigenvalue weighted by atomic mass is 10.1. The Morgan fingerprint density at radius 3 is 2.63 bits per heavy atom. The minimum Gasteiger partial charge on any atom is -0.485 e. The van der Waals surface area contributed by atoms with Crippen molar-refractivity contribution in [2.75, 3.05) is 26.9 Å². The molecule has 0 saturated carbocycles. The van der Waals surface area contributed by atoms with Crippen molar-refractivity contribution in [1.29, 1.82) is 0 Å². The number of fused-ring (bicyclic) bond motifs is 3. The molecule has 1 saturated heterocycles. The minimum atomic E-state index is -0.521. The van der Waals surface area contributed by atoms with Crippen LogP contribution in [0.3, 0.4) is 0 Å². The van der Waals surface area contributed by atoms with Crippen LogP contribution in [0.15, 0.2) is 6.07 Å². The second kappa shape index (κ2) is 7.07. The van der Waals surface area contributed by atoms with Crippen molar-refractivity contribution in [3.63, 3.8) is 0 Å². The van der Waals surface area contributed by atoms with E-state index in [9.17, 15) is 9.59 Å². The van der Waals surface area contributed by atoms with Crippen LogP contribution in [-0.4, -0.2) is 54.5 Å². The fourth-order valence-corrected chi connectivity index (χ4v) is 3.20. The van der Waals surface area contributed by atoms with E-state index in [0.717, 1.165) is 13.0 Å². The predicted octanol–water partition coefficient (Wildman–Crippen LogP) is 1.45. The molecule has 2 aromatic rings. The molecule has 0 aliphatic carbocycles. The Bertz CT molecular complexity index is 901. The predicted molar refractivity (Wildman–Crippen MR) is 91.9 cm³/mol. The normalized spacial score (nSPS) is 18.1. The van der Waals surface area contributed by atoms with Gasteiger partial charge in [0.15, 0.2) is 11.5 Å². The molecule has 0 radical (unpaired) electrons. The molecule has 1 aromatic carbocycles. The van der Waals surface area contributed by atoms with E-state index in [1.165, 1.54) is 14.0 Å². The molecule has 27 heavy (non-hydrogen) atoms. The first-order valence-corrected chi connectivity index (χ1v) is 8.73. The second-order valence-corrected chi connectivity index (χ2v) is 6.34. The van der Waals surface area contributed by atoms with Crippen LogP contribution in [0.2, 0.25) is 0 Å². The lowest BCUT2D eigenvalue weighted by molar-refractivity contribution is -0.142. The summed E-state index contributed by atoms with van der Waals surface area (Å²) in [7, 11) is 1.31. The second-order valence-electron chi connectivity index (χ2n) is 6.34. The molecular weight excluding hydrogens is 356 g/mol. The van der Waals surface area contributed by atoms with Crippen LogP contribution in [0.25, 0.3) is 11.0 Å². The zero-order valence-electron chi connectivity index (χ0n) is 15.1. The monoisotopic (exact) mass is 376 g/mol. The molecule has 0 N–H and O–H groups in total. The smallest absolute Gasteiger partial charge is 0.341 e. The van der Waals surface area contributed by atoms with Crippen molar-refractivity contribution < 1.29 is 33.3 Å². The number of imidazole rings is 1. The van der Waals surface area contributed by atoms with Gasteiger partial charge < -0.3 is 28.3 Å². The number of nitrogens with zero attached hydrogens (tertiary/aromatic N) is 2. The number of rotatable bonds is 5. The van der Waals surface area contributed by atoms with Crippen LogP contribution in [-0.2, 0) is 32.2 Å². The van der Waals surface area contributed by atoms with Gasteiger partial charge in [-0.1, -0.05) is 0 Å². The highest BCUT2D eigenvalue weighted by atomic mass is 16.6. The van der Waals surface area contributed by atoms with E-state index < -0.39 is 11.9 Å². The summed E-state index contributed by atoms with van der Waals surface area (Å²) in [6.07, 6.45) is 0.981. The highest BCUT2D eigenvalue weighted by Crippen LogP contribution is 2.41. The number of benzene rings is 1. The lowest BCUT2D eigenvalue weighted by Gasteiger charge is -2.27. The van der Waals surface area contributed by atoms with Crippen molar-refractivity contribution in [3.8, 4) is 11.5 Å². The largest absolute Gasteiger partial charge is 0.485 e. The zero-order valence-corrected chi connectivity index (χ0v) is 15.1. The van der Waals surface area contributed by atoms with Gasteiger partial charge in [0.1, 0.15) is 36.7 Å². The Labute approximate surface area is 155 Å². The molecule has 9 heteroatoms. The molecule has 1 fully saturated rings. The molecule has 2 aliphatic rings. The molecule has 1 aromatic heterocycles. The van der Waals surface area contributed by atoms with E-state index in [2.05, 4.69) is 4.98 Å². The fourth-order valence-electron chi connectivity index (χ4n) is 3.20. The summed E-state index contributed by atoms with van der Waals surface area (Å²) in [5, 5.41) is 0. The summed E-state index contributed by atoms with van der Waals surface area (Å²) in [6, 6.07) is 1.68. The number of esters is 2. The highest BCUT2D eigenvalue weighted by Gasteiger charge is 2.29. The summed E-state index contributed by atoms with van der Waals surface area (Å²) < 4.78 is 28.9. The van der Waals surface area contributed by atoms with Crippen molar-refractivity contribution in [3.05, 3.63) is 17.5 Å². The molecule has 144 valence electrons. The van der Waals surface area contributed by atoms with Crippen LogP contribution in [0, 0.1) is 0 Å². The van der Waals surface area contributed by atoms with E-state index >= 15 is 0 Å². The fraction of sp³-hybridized carbons (Fsp3) is 0.500. The van der Waals surface area contributed by atoms with Crippen LogP contribution in [0.5, 0.6) is 11.5 Å². The van der Waals surface area contributed by atoms with E-state index in [1.54, 1.807) is 6.07 Å². The maximum Gasteiger partial charge on any atom is 0.341 e. The van der Waals surface area contributed by atoms with E-state index in [-0.39, 0.29) is 18.3 Å². The third-order valence-electron chi connectivity index (χ3n) is 4.60. The number of carbonyl (C=O) groups excluding carboxylic acids is 2. The maximum absolute atomic E-state index is 12.3. The molecule has 1 atom stereocenters. The Kier molecular flexibility index (Phi) is 4.61. The van der Waals surface area contributed by atoms with Crippen molar-refractivity contribution in [1.82, 2.24) is 9.55 Å². The van der Waals surface area contributed by atoms with Crippen molar-refractivity contribution in [2.45, 2.75) is 32.6 Å². The lowest BCUT2D eigenvalue weighted by Crippen LogP contribution is -2.32. The molecular formula is C18H20N2O7. The van der Waals surface area contributed by atoms with Gasteiger partial charge in [0.2, 0.25) is 0 Å². The number of methoxy groups -OCH3 is 1. The quantitative estimate of drug-likeness (QED) is 0.723. The molecule has 0 unspecified atom stereocenters. The summed E-state index contributed by atoms with van der Waals surface area (Å²) >= 11 is 0. The number of hydrogen-bond acceptors (Lipinski definition) is 8. The molecule has 2 aliphatic heterocycles. The van der Waals surface area contributed by atoms with E-state index in [4.69, 9.17) is 23.7 Å². The van der Waals surface area contributed by atoms with Gasteiger partial charge >= 0.3 is 11.9 Å². The number of carbonyl (C=O) groups is 2. The highest BCUT2D eigenvalue weighted by molar-refractivity contribution is 6.00. The van der Waals surface area contributed by atoms with Gasteiger partial charge in [0, 0.05) is 13.5 Å². The third-order valence-corrected chi connectivity index (χ3v) is 4.60. The summed E-state index contributed by atoms with van der Waals surface area (Å²) in [4.78, 5) is 28.1. The number of hydrogen-bond donors (Lipinski definition) is 0. The van der Waals surface area contributed by atoms with Gasteiger partial charge in [0.25, 0.3) is 0 Å².